The van der Waals surface area contributed by atoms with Crippen LogP contribution >= 0.6 is 11.3 Å². The summed E-state index contributed by atoms with van der Waals surface area (Å²) in [4.78, 5) is 8.98. The minimum atomic E-state index is 0.722. The standard InChI is InChI=1S/C24H26N4S/c1-18-5-2-6-20-15-21(24(26-23(18)20)22-7-3-14-29-22)17-27-12-8-19(9-13-27)16-28-11-4-10-25-28/h2-7,10-11,14-15,19H,8-9,12-13,16-17H2,1H3. The van der Waals surface area contributed by atoms with Crippen molar-refractivity contribution >= 4 is 22.2 Å². The zero-order valence-corrected chi connectivity index (χ0v) is 17.6. The Labute approximate surface area is 175 Å². The molecule has 0 unspecified atom stereocenters. The number of piperidine rings is 1. The van der Waals surface area contributed by atoms with Gasteiger partial charge in [-0.1, -0.05) is 24.3 Å². The second-order valence-corrected chi connectivity index (χ2v) is 9.02. The van der Waals surface area contributed by atoms with Crippen molar-refractivity contribution in [2.45, 2.75) is 32.9 Å². The van der Waals surface area contributed by atoms with Crippen LogP contribution in [0.3, 0.4) is 0 Å². The zero-order chi connectivity index (χ0) is 19.6. The number of aryl methyl sites for hydroxylation is 1. The number of hydrogen-bond donors (Lipinski definition) is 0. The highest BCUT2D eigenvalue weighted by Gasteiger charge is 2.21. The maximum Gasteiger partial charge on any atom is 0.0854 e. The van der Waals surface area contributed by atoms with Crippen LogP contribution in [0.5, 0.6) is 0 Å². The number of benzene rings is 1. The summed E-state index contributed by atoms with van der Waals surface area (Å²) in [5.74, 6) is 0.722. The molecule has 0 amide bonds. The van der Waals surface area contributed by atoms with Crippen molar-refractivity contribution in [3.05, 3.63) is 71.4 Å². The molecular weight excluding hydrogens is 376 g/mol. The summed E-state index contributed by atoms with van der Waals surface area (Å²) in [6, 6.07) is 15.2. The lowest BCUT2D eigenvalue weighted by molar-refractivity contribution is 0.165. The molecule has 5 rings (SSSR count). The molecule has 1 fully saturated rings. The minimum absolute atomic E-state index is 0.722. The van der Waals surface area contributed by atoms with Crippen molar-refractivity contribution in [3.63, 3.8) is 0 Å². The van der Waals surface area contributed by atoms with Crippen LogP contribution in [0.15, 0.2) is 60.2 Å². The highest BCUT2D eigenvalue weighted by molar-refractivity contribution is 7.13. The summed E-state index contributed by atoms with van der Waals surface area (Å²) < 4.78 is 2.07. The Kier molecular flexibility index (Phi) is 5.17. The minimum Gasteiger partial charge on any atom is -0.299 e. The summed E-state index contributed by atoms with van der Waals surface area (Å²) in [6.45, 7) is 6.44. The first-order chi connectivity index (χ1) is 14.3. The van der Waals surface area contributed by atoms with E-state index in [2.05, 4.69) is 69.6 Å². The van der Waals surface area contributed by atoms with Gasteiger partial charge in [-0.3, -0.25) is 9.58 Å². The lowest BCUT2D eigenvalue weighted by Gasteiger charge is -2.32. The maximum absolute atomic E-state index is 5.12. The summed E-state index contributed by atoms with van der Waals surface area (Å²) >= 11 is 1.78. The monoisotopic (exact) mass is 402 g/mol. The first kappa shape index (κ1) is 18.5. The van der Waals surface area contributed by atoms with E-state index in [1.807, 2.05) is 12.3 Å². The lowest BCUT2D eigenvalue weighted by atomic mass is 9.96. The van der Waals surface area contributed by atoms with Gasteiger partial charge >= 0.3 is 0 Å². The van der Waals surface area contributed by atoms with Gasteiger partial charge in [0.05, 0.1) is 16.1 Å². The molecule has 4 aromatic rings. The third-order valence-corrected chi connectivity index (χ3v) is 6.86. The molecule has 0 radical (unpaired) electrons. The van der Waals surface area contributed by atoms with E-state index >= 15 is 0 Å². The van der Waals surface area contributed by atoms with E-state index in [9.17, 15) is 0 Å². The van der Waals surface area contributed by atoms with Crippen molar-refractivity contribution in [1.29, 1.82) is 0 Å². The molecule has 1 aliphatic heterocycles. The quantitative estimate of drug-likeness (QED) is 0.449. The molecule has 0 spiro atoms. The number of likely N-dealkylation sites (tertiary alicyclic amines) is 1. The van der Waals surface area contributed by atoms with Gasteiger partial charge in [-0.05, 0) is 73.5 Å². The molecule has 4 heterocycles. The van der Waals surface area contributed by atoms with Crippen molar-refractivity contribution in [2.24, 2.45) is 5.92 Å². The molecule has 3 aromatic heterocycles. The van der Waals surface area contributed by atoms with E-state index in [1.54, 1.807) is 11.3 Å². The van der Waals surface area contributed by atoms with Crippen molar-refractivity contribution in [1.82, 2.24) is 19.7 Å². The molecule has 1 saturated heterocycles. The van der Waals surface area contributed by atoms with Gasteiger partial charge in [0, 0.05) is 30.9 Å². The Morgan fingerprint density at radius 1 is 1.10 bits per heavy atom. The van der Waals surface area contributed by atoms with Crippen molar-refractivity contribution in [3.8, 4) is 10.6 Å². The Morgan fingerprint density at radius 2 is 2.00 bits per heavy atom. The van der Waals surface area contributed by atoms with Crippen LogP contribution in [0.4, 0.5) is 0 Å². The Morgan fingerprint density at radius 3 is 2.76 bits per heavy atom. The molecular formula is C24H26N4S. The van der Waals surface area contributed by atoms with Gasteiger partial charge < -0.3 is 0 Å². The number of thiophene rings is 1. The van der Waals surface area contributed by atoms with Crippen LogP contribution in [-0.4, -0.2) is 32.8 Å². The highest BCUT2D eigenvalue weighted by Crippen LogP contribution is 2.32. The fourth-order valence-electron chi connectivity index (χ4n) is 4.38. The van der Waals surface area contributed by atoms with Gasteiger partial charge in [-0.25, -0.2) is 4.98 Å². The fourth-order valence-corrected chi connectivity index (χ4v) is 5.13. The molecule has 0 bridgehead atoms. The summed E-state index contributed by atoms with van der Waals surface area (Å²) in [6.07, 6.45) is 6.40. The van der Waals surface area contributed by atoms with Crippen LogP contribution in [0.25, 0.3) is 21.5 Å². The Bertz CT molecular complexity index is 1080. The number of para-hydroxylation sites is 1. The molecule has 148 valence electrons. The topological polar surface area (TPSA) is 34.0 Å². The first-order valence-corrected chi connectivity index (χ1v) is 11.3. The maximum atomic E-state index is 5.12. The molecule has 0 aliphatic carbocycles. The van der Waals surface area contributed by atoms with E-state index in [0.29, 0.717) is 0 Å². The number of rotatable bonds is 5. The summed E-state index contributed by atoms with van der Waals surface area (Å²) in [5, 5.41) is 7.76. The van der Waals surface area contributed by atoms with E-state index in [-0.39, 0.29) is 0 Å². The SMILES string of the molecule is Cc1cccc2cc(CN3CCC(Cn4cccn4)CC3)c(-c3cccs3)nc12. The average molecular weight is 403 g/mol. The molecule has 0 atom stereocenters. The zero-order valence-electron chi connectivity index (χ0n) is 16.8. The van der Waals surface area contributed by atoms with Crippen LogP contribution in [0.2, 0.25) is 0 Å². The average Bonchev–Trinajstić information content (AvgIpc) is 3.44. The second-order valence-electron chi connectivity index (χ2n) is 8.07. The van der Waals surface area contributed by atoms with Crippen molar-refractivity contribution in [2.75, 3.05) is 13.1 Å². The Balaban J connectivity index is 1.37. The molecule has 1 aliphatic rings. The van der Waals surface area contributed by atoms with Gasteiger partial charge in [0.25, 0.3) is 0 Å². The number of nitrogens with zero attached hydrogens (tertiary/aromatic N) is 4. The van der Waals surface area contributed by atoms with E-state index in [1.165, 1.54) is 34.2 Å². The van der Waals surface area contributed by atoms with Crippen LogP contribution in [-0.2, 0) is 13.1 Å². The summed E-state index contributed by atoms with van der Waals surface area (Å²) in [7, 11) is 0. The highest BCUT2D eigenvalue weighted by atomic mass is 32.1. The van der Waals surface area contributed by atoms with E-state index in [0.717, 1.165) is 43.3 Å². The molecule has 29 heavy (non-hydrogen) atoms. The van der Waals surface area contributed by atoms with Crippen LogP contribution < -0.4 is 0 Å². The first-order valence-electron chi connectivity index (χ1n) is 10.4. The van der Waals surface area contributed by atoms with Crippen molar-refractivity contribution < 1.29 is 0 Å². The lowest BCUT2D eigenvalue weighted by Crippen LogP contribution is -2.34. The number of fused-ring (bicyclic) bond motifs is 1. The van der Waals surface area contributed by atoms with Crippen LogP contribution in [0.1, 0.15) is 24.0 Å². The third-order valence-electron chi connectivity index (χ3n) is 5.99. The van der Waals surface area contributed by atoms with Crippen LogP contribution in [0, 0.1) is 12.8 Å². The Hall–Kier alpha value is -2.50. The smallest absolute Gasteiger partial charge is 0.0854 e. The van der Waals surface area contributed by atoms with Gasteiger partial charge in [0.1, 0.15) is 0 Å². The van der Waals surface area contributed by atoms with Gasteiger partial charge in [-0.2, -0.15) is 5.10 Å². The van der Waals surface area contributed by atoms with E-state index in [4.69, 9.17) is 4.98 Å². The molecule has 5 heteroatoms. The fraction of sp³-hybridized carbons (Fsp3) is 0.333. The van der Waals surface area contributed by atoms with Gasteiger partial charge in [0.15, 0.2) is 0 Å². The number of aromatic nitrogens is 3. The normalized spacial score (nSPS) is 15.9. The summed E-state index contributed by atoms with van der Waals surface area (Å²) in [5.41, 5.74) is 4.86. The van der Waals surface area contributed by atoms with Gasteiger partial charge in [0.2, 0.25) is 0 Å². The molecule has 4 nitrogen and oxygen atoms in total. The number of pyridine rings is 1. The predicted molar refractivity (Wildman–Crippen MR) is 120 cm³/mol. The van der Waals surface area contributed by atoms with Gasteiger partial charge in [-0.15, -0.1) is 11.3 Å². The molecule has 0 N–H and O–H groups in total. The predicted octanol–water partition coefficient (Wildman–Crippen LogP) is 5.38. The second kappa shape index (κ2) is 8.09. The third kappa shape index (κ3) is 3.98. The largest absolute Gasteiger partial charge is 0.299 e. The number of hydrogen-bond acceptors (Lipinski definition) is 4. The van der Waals surface area contributed by atoms with E-state index < -0.39 is 0 Å². The molecule has 0 saturated carbocycles. The molecule has 1 aromatic carbocycles.